The fraction of sp³-hybridized carbons (Fsp3) is 0.250. The normalized spacial score (nSPS) is 16.7. The zero-order valence-corrected chi connectivity index (χ0v) is 18.0. The number of hydrogen-bond acceptors (Lipinski definition) is 4. The van der Waals surface area contributed by atoms with E-state index < -0.39 is 15.9 Å². The van der Waals surface area contributed by atoms with Gasteiger partial charge in [-0.15, -0.1) is 0 Å². The Bertz CT molecular complexity index is 1050. The molecule has 154 valence electrons. The zero-order valence-electron chi connectivity index (χ0n) is 15.7. The molecule has 9 heteroatoms. The Morgan fingerprint density at radius 1 is 1.14 bits per heavy atom. The molecule has 2 aromatic rings. The Kier molecular flexibility index (Phi) is 6.72. The molecule has 3 rings (SSSR count). The number of carbonyl (C=O) groups excluding carboxylic acids is 1. The number of rotatable bonds is 6. The second-order valence-corrected chi connectivity index (χ2v) is 9.35. The van der Waals surface area contributed by atoms with Crippen LogP contribution in [0.1, 0.15) is 36.5 Å². The van der Waals surface area contributed by atoms with Gasteiger partial charge < -0.3 is 5.43 Å². The number of halogens is 2. The quantitative estimate of drug-likeness (QED) is 0.551. The summed E-state index contributed by atoms with van der Waals surface area (Å²) < 4.78 is 27.8. The van der Waals surface area contributed by atoms with Crippen molar-refractivity contribution in [1.29, 1.82) is 0 Å². The third-order valence-corrected chi connectivity index (χ3v) is 6.56. The van der Waals surface area contributed by atoms with Gasteiger partial charge in [-0.25, -0.2) is 8.42 Å². The van der Waals surface area contributed by atoms with E-state index in [-0.39, 0.29) is 21.2 Å². The van der Waals surface area contributed by atoms with Crippen molar-refractivity contribution < 1.29 is 13.2 Å². The molecule has 3 N–H and O–H groups in total. The number of allylic oxidation sites excluding steroid dienone is 2. The highest BCUT2D eigenvalue weighted by Gasteiger charge is 2.19. The maximum atomic E-state index is 12.7. The highest BCUT2D eigenvalue weighted by molar-refractivity contribution is 7.92. The molecule has 1 atom stereocenters. The summed E-state index contributed by atoms with van der Waals surface area (Å²) in [5, 5.41) is 0.559. The van der Waals surface area contributed by atoms with E-state index in [0.717, 1.165) is 25.0 Å². The standard InChI is InChI=1S/C20H21Cl2N3O3S/c1-13-5-2-3-8-18(13)23-24-20(26)14-6-4-7-16(11-14)29(27,28)25-19-12-15(21)9-10-17(19)22/h4,6-13,23,25H,2-3,5H2,1H3,(H,24,26)/t13-/m1/s1. The van der Waals surface area contributed by atoms with E-state index in [1.54, 1.807) is 12.1 Å². The number of hydrazine groups is 1. The largest absolute Gasteiger partial charge is 0.303 e. The lowest BCUT2D eigenvalue weighted by Gasteiger charge is -2.22. The molecular formula is C20H21Cl2N3O3S. The molecule has 6 nitrogen and oxygen atoms in total. The second-order valence-electron chi connectivity index (χ2n) is 6.83. The van der Waals surface area contributed by atoms with Crippen molar-refractivity contribution in [3.63, 3.8) is 0 Å². The fourth-order valence-corrected chi connectivity index (χ4v) is 4.51. The first kappa shape index (κ1) is 21.5. The SMILES string of the molecule is C[C@@H]1CCCC=C1NNC(=O)c1cccc(S(=O)(=O)Nc2cc(Cl)ccc2Cl)c1. The molecule has 0 aliphatic heterocycles. The van der Waals surface area contributed by atoms with Crippen LogP contribution in [-0.4, -0.2) is 14.3 Å². The maximum absolute atomic E-state index is 12.7. The van der Waals surface area contributed by atoms with Crippen LogP contribution in [0.4, 0.5) is 5.69 Å². The van der Waals surface area contributed by atoms with Crippen LogP contribution in [0.25, 0.3) is 0 Å². The van der Waals surface area contributed by atoms with Gasteiger partial charge in [-0.3, -0.25) is 14.9 Å². The highest BCUT2D eigenvalue weighted by atomic mass is 35.5. The number of amides is 1. The molecule has 0 saturated heterocycles. The van der Waals surface area contributed by atoms with E-state index in [0.29, 0.717) is 10.9 Å². The molecule has 0 spiro atoms. The van der Waals surface area contributed by atoms with Gasteiger partial charge in [0.2, 0.25) is 0 Å². The summed E-state index contributed by atoms with van der Waals surface area (Å²) in [6.45, 7) is 2.09. The van der Waals surface area contributed by atoms with Crippen molar-refractivity contribution in [2.75, 3.05) is 4.72 Å². The van der Waals surface area contributed by atoms with E-state index in [9.17, 15) is 13.2 Å². The Balaban J connectivity index is 1.75. The van der Waals surface area contributed by atoms with Gasteiger partial charge in [0.15, 0.2) is 0 Å². The first-order chi connectivity index (χ1) is 13.8. The summed E-state index contributed by atoms with van der Waals surface area (Å²) in [6, 6.07) is 10.2. The summed E-state index contributed by atoms with van der Waals surface area (Å²) in [5.74, 6) is -0.0936. The molecule has 1 amide bonds. The fourth-order valence-electron chi connectivity index (χ4n) is 3.00. The van der Waals surface area contributed by atoms with E-state index in [1.807, 2.05) is 0 Å². The molecule has 0 saturated carbocycles. The second kappa shape index (κ2) is 9.07. The Morgan fingerprint density at radius 2 is 1.93 bits per heavy atom. The van der Waals surface area contributed by atoms with Crippen LogP contribution in [0, 0.1) is 5.92 Å². The lowest BCUT2D eigenvalue weighted by atomic mass is 9.94. The van der Waals surface area contributed by atoms with Crippen molar-refractivity contribution >= 4 is 44.8 Å². The molecule has 0 bridgehead atoms. The number of sulfonamides is 1. The van der Waals surface area contributed by atoms with Crippen LogP contribution in [-0.2, 0) is 10.0 Å². The molecule has 0 fully saturated rings. The minimum atomic E-state index is -3.96. The number of carbonyl (C=O) groups is 1. The third-order valence-electron chi connectivity index (χ3n) is 4.64. The lowest BCUT2D eigenvalue weighted by molar-refractivity contribution is 0.0936. The van der Waals surface area contributed by atoms with Crippen molar-refractivity contribution in [2.45, 2.75) is 31.1 Å². The average Bonchev–Trinajstić information content (AvgIpc) is 2.70. The summed E-state index contributed by atoms with van der Waals surface area (Å²) in [4.78, 5) is 12.4. The summed E-state index contributed by atoms with van der Waals surface area (Å²) in [5.41, 5.74) is 6.91. The van der Waals surface area contributed by atoms with Gasteiger partial charge >= 0.3 is 0 Å². The first-order valence-corrected chi connectivity index (χ1v) is 11.3. The molecule has 1 aliphatic rings. The number of hydrogen-bond donors (Lipinski definition) is 3. The molecule has 0 unspecified atom stereocenters. The van der Waals surface area contributed by atoms with Crippen LogP contribution in [0.3, 0.4) is 0 Å². The van der Waals surface area contributed by atoms with Crippen molar-refractivity contribution in [1.82, 2.24) is 10.9 Å². The van der Waals surface area contributed by atoms with Crippen LogP contribution >= 0.6 is 23.2 Å². The van der Waals surface area contributed by atoms with Gasteiger partial charge in [0.05, 0.1) is 15.6 Å². The molecule has 0 heterocycles. The van der Waals surface area contributed by atoms with Crippen LogP contribution in [0.5, 0.6) is 0 Å². The first-order valence-electron chi connectivity index (χ1n) is 9.10. The zero-order chi connectivity index (χ0) is 21.0. The summed E-state index contributed by atoms with van der Waals surface area (Å²) >= 11 is 11.9. The summed E-state index contributed by atoms with van der Waals surface area (Å²) in [7, 11) is -3.96. The van der Waals surface area contributed by atoms with Crippen molar-refractivity contribution in [2.24, 2.45) is 5.92 Å². The highest BCUT2D eigenvalue weighted by Crippen LogP contribution is 2.28. The average molecular weight is 454 g/mol. The van der Waals surface area contributed by atoms with E-state index >= 15 is 0 Å². The van der Waals surface area contributed by atoms with E-state index in [2.05, 4.69) is 28.6 Å². The molecule has 29 heavy (non-hydrogen) atoms. The molecular weight excluding hydrogens is 433 g/mol. The van der Waals surface area contributed by atoms with Gasteiger partial charge in [-0.1, -0.05) is 42.3 Å². The monoisotopic (exact) mass is 453 g/mol. The maximum Gasteiger partial charge on any atom is 0.269 e. The molecule has 0 radical (unpaired) electrons. The molecule has 0 aromatic heterocycles. The van der Waals surface area contributed by atoms with Crippen LogP contribution < -0.4 is 15.6 Å². The predicted molar refractivity (Wildman–Crippen MR) is 115 cm³/mol. The van der Waals surface area contributed by atoms with Gasteiger partial charge in [-0.2, -0.15) is 0 Å². The van der Waals surface area contributed by atoms with Crippen LogP contribution in [0.15, 0.2) is 59.1 Å². The van der Waals surface area contributed by atoms with Crippen molar-refractivity contribution in [3.8, 4) is 0 Å². The third kappa shape index (κ3) is 5.44. The molecule has 1 aliphatic carbocycles. The number of benzene rings is 2. The van der Waals surface area contributed by atoms with Gasteiger partial charge in [0.1, 0.15) is 0 Å². The number of anilines is 1. The van der Waals surface area contributed by atoms with E-state index in [4.69, 9.17) is 23.2 Å². The Morgan fingerprint density at radius 3 is 2.69 bits per heavy atom. The smallest absolute Gasteiger partial charge is 0.269 e. The Hall–Kier alpha value is -2.22. The predicted octanol–water partition coefficient (Wildman–Crippen LogP) is 4.73. The number of nitrogens with one attached hydrogen (secondary N) is 3. The lowest BCUT2D eigenvalue weighted by Crippen LogP contribution is -2.39. The minimum absolute atomic E-state index is 0.0635. The van der Waals surface area contributed by atoms with Crippen LogP contribution in [0.2, 0.25) is 10.0 Å². The summed E-state index contributed by atoms with van der Waals surface area (Å²) in [6.07, 6.45) is 5.21. The topological polar surface area (TPSA) is 87.3 Å². The van der Waals surface area contributed by atoms with E-state index in [1.165, 1.54) is 30.3 Å². The Labute approximate surface area is 180 Å². The van der Waals surface area contributed by atoms with Gasteiger partial charge in [0, 0.05) is 16.3 Å². The minimum Gasteiger partial charge on any atom is -0.303 e. The van der Waals surface area contributed by atoms with Gasteiger partial charge in [0.25, 0.3) is 15.9 Å². The molecule has 2 aromatic carbocycles. The van der Waals surface area contributed by atoms with Gasteiger partial charge in [-0.05, 0) is 61.6 Å². The van der Waals surface area contributed by atoms with Crippen molar-refractivity contribution in [3.05, 3.63) is 69.8 Å².